The van der Waals surface area contributed by atoms with Gasteiger partial charge in [0.1, 0.15) is 5.82 Å². The molecular formula is C17H18FN. The number of halogens is 1. The van der Waals surface area contributed by atoms with Gasteiger partial charge in [-0.15, -0.1) is 0 Å². The van der Waals surface area contributed by atoms with Gasteiger partial charge in [0.05, 0.1) is 5.52 Å². The highest BCUT2D eigenvalue weighted by Gasteiger charge is 2.38. The van der Waals surface area contributed by atoms with Gasteiger partial charge in [-0.05, 0) is 60.4 Å². The van der Waals surface area contributed by atoms with Crippen molar-refractivity contribution in [1.29, 1.82) is 0 Å². The number of benzene rings is 1. The monoisotopic (exact) mass is 255 g/mol. The first-order chi connectivity index (χ1) is 9.31. The standard InChI is InChI=1S/C17H18FN/c18-14-4-5-17-16(10-14)15(6-7-19-17)13-8-11-2-1-3-12(11)9-13/h4-7,10-13H,1-3,8-9H2/t11-,12?,13+/m0/s1. The van der Waals surface area contributed by atoms with Crippen molar-refractivity contribution in [3.63, 3.8) is 0 Å². The van der Waals surface area contributed by atoms with Gasteiger partial charge in [0, 0.05) is 11.6 Å². The fraction of sp³-hybridized carbons (Fsp3) is 0.471. The van der Waals surface area contributed by atoms with Crippen LogP contribution in [0.5, 0.6) is 0 Å². The molecule has 3 atom stereocenters. The van der Waals surface area contributed by atoms with E-state index in [-0.39, 0.29) is 5.82 Å². The predicted octanol–water partition coefficient (Wildman–Crippen LogP) is 4.67. The Hall–Kier alpha value is -1.44. The van der Waals surface area contributed by atoms with Crippen molar-refractivity contribution < 1.29 is 4.39 Å². The smallest absolute Gasteiger partial charge is 0.123 e. The van der Waals surface area contributed by atoms with E-state index in [9.17, 15) is 4.39 Å². The molecule has 19 heavy (non-hydrogen) atoms. The quantitative estimate of drug-likeness (QED) is 0.721. The van der Waals surface area contributed by atoms with E-state index in [1.807, 2.05) is 6.20 Å². The summed E-state index contributed by atoms with van der Waals surface area (Å²) in [5, 5.41) is 1.02. The zero-order valence-electron chi connectivity index (χ0n) is 11.0. The van der Waals surface area contributed by atoms with Gasteiger partial charge in [-0.3, -0.25) is 4.98 Å². The molecule has 0 amide bonds. The van der Waals surface area contributed by atoms with Crippen LogP contribution < -0.4 is 0 Å². The minimum Gasteiger partial charge on any atom is -0.256 e. The molecular weight excluding hydrogens is 237 g/mol. The third kappa shape index (κ3) is 1.85. The van der Waals surface area contributed by atoms with Crippen LogP contribution in [0.25, 0.3) is 10.9 Å². The molecule has 0 N–H and O–H groups in total. The lowest BCUT2D eigenvalue weighted by Crippen LogP contribution is -1.97. The molecule has 2 aromatic rings. The van der Waals surface area contributed by atoms with Gasteiger partial charge in [-0.25, -0.2) is 4.39 Å². The van der Waals surface area contributed by atoms with Gasteiger partial charge in [0.15, 0.2) is 0 Å². The van der Waals surface area contributed by atoms with Crippen LogP contribution >= 0.6 is 0 Å². The highest BCUT2D eigenvalue weighted by atomic mass is 19.1. The topological polar surface area (TPSA) is 12.9 Å². The lowest BCUT2D eigenvalue weighted by atomic mass is 9.92. The Morgan fingerprint density at radius 1 is 1.05 bits per heavy atom. The minimum atomic E-state index is -0.153. The van der Waals surface area contributed by atoms with Crippen LogP contribution in [0, 0.1) is 17.7 Å². The third-order valence-corrected chi connectivity index (χ3v) is 5.17. The predicted molar refractivity (Wildman–Crippen MR) is 74.5 cm³/mol. The zero-order chi connectivity index (χ0) is 12.8. The molecule has 0 saturated heterocycles. The summed E-state index contributed by atoms with van der Waals surface area (Å²) in [5.41, 5.74) is 2.25. The molecule has 1 nitrogen and oxygen atoms in total. The molecule has 0 spiro atoms. The van der Waals surface area contributed by atoms with E-state index in [1.165, 1.54) is 43.7 Å². The molecule has 98 valence electrons. The summed E-state index contributed by atoms with van der Waals surface area (Å²) in [6, 6.07) is 7.06. The van der Waals surface area contributed by atoms with Gasteiger partial charge in [-0.2, -0.15) is 0 Å². The molecule has 0 radical (unpaired) electrons. The third-order valence-electron chi connectivity index (χ3n) is 5.17. The molecule has 1 heterocycles. The highest BCUT2D eigenvalue weighted by Crippen LogP contribution is 2.51. The Morgan fingerprint density at radius 3 is 2.63 bits per heavy atom. The Morgan fingerprint density at radius 2 is 1.84 bits per heavy atom. The van der Waals surface area contributed by atoms with Crippen LogP contribution in [-0.2, 0) is 0 Å². The van der Waals surface area contributed by atoms with E-state index in [0.29, 0.717) is 5.92 Å². The van der Waals surface area contributed by atoms with E-state index in [2.05, 4.69) is 11.1 Å². The number of fused-ring (bicyclic) bond motifs is 2. The van der Waals surface area contributed by atoms with Crippen molar-refractivity contribution in [2.45, 2.75) is 38.0 Å². The molecule has 2 saturated carbocycles. The van der Waals surface area contributed by atoms with Crippen LogP contribution in [0.3, 0.4) is 0 Å². The molecule has 2 heteroatoms. The normalized spacial score (nSPS) is 29.8. The second-order valence-electron chi connectivity index (χ2n) is 6.18. The summed E-state index contributed by atoms with van der Waals surface area (Å²) in [7, 11) is 0. The number of aromatic nitrogens is 1. The van der Waals surface area contributed by atoms with E-state index < -0.39 is 0 Å². The van der Waals surface area contributed by atoms with Gasteiger partial charge in [0.2, 0.25) is 0 Å². The Balaban J connectivity index is 1.77. The average Bonchev–Trinajstić information content (AvgIpc) is 2.98. The van der Waals surface area contributed by atoms with Gasteiger partial charge >= 0.3 is 0 Å². The molecule has 2 aliphatic carbocycles. The van der Waals surface area contributed by atoms with Crippen molar-refractivity contribution in [3.05, 3.63) is 41.8 Å². The molecule has 0 aliphatic heterocycles. The number of pyridine rings is 1. The Labute approximate surface area is 112 Å². The second-order valence-corrected chi connectivity index (χ2v) is 6.18. The van der Waals surface area contributed by atoms with Gasteiger partial charge in [-0.1, -0.05) is 19.3 Å². The average molecular weight is 255 g/mol. The molecule has 0 bridgehead atoms. The summed E-state index contributed by atoms with van der Waals surface area (Å²) in [6.07, 6.45) is 8.68. The summed E-state index contributed by atoms with van der Waals surface area (Å²) >= 11 is 0. The molecule has 1 unspecified atom stereocenters. The maximum atomic E-state index is 13.5. The van der Waals surface area contributed by atoms with Crippen molar-refractivity contribution in [1.82, 2.24) is 4.98 Å². The summed E-state index contributed by atoms with van der Waals surface area (Å²) < 4.78 is 13.5. The number of rotatable bonds is 1. The number of nitrogens with zero attached hydrogens (tertiary/aromatic N) is 1. The van der Waals surface area contributed by atoms with Crippen LogP contribution in [0.1, 0.15) is 43.6 Å². The van der Waals surface area contributed by atoms with Crippen LogP contribution in [-0.4, -0.2) is 4.98 Å². The van der Waals surface area contributed by atoms with Crippen LogP contribution in [0.2, 0.25) is 0 Å². The first-order valence-electron chi connectivity index (χ1n) is 7.35. The summed E-state index contributed by atoms with van der Waals surface area (Å²) in [4.78, 5) is 4.36. The fourth-order valence-electron chi connectivity index (χ4n) is 4.31. The molecule has 1 aromatic carbocycles. The SMILES string of the molecule is Fc1ccc2nccc([C@H]3CC4CCC[C@H]4C3)c2c1. The van der Waals surface area contributed by atoms with Crippen molar-refractivity contribution in [2.24, 2.45) is 11.8 Å². The Kier molecular flexibility index (Phi) is 2.57. The maximum Gasteiger partial charge on any atom is 0.123 e. The highest BCUT2D eigenvalue weighted by molar-refractivity contribution is 5.82. The number of hydrogen-bond donors (Lipinski definition) is 0. The zero-order valence-corrected chi connectivity index (χ0v) is 11.0. The number of hydrogen-bond acceptors (Lipinski definition) is 1. The molecule has 2 aliphatic rings. The van der Waals surface area contributed by atoms with Gasteiger partial charge < -0.3 is 0 Å². The largest absolute Gasteiger partial charge is 0.256 e. The summed E-state index contributed by atoms with van der Waals surface area (Å²) in [6.45, 7) is 0. The Bertz CT molecular complexity index is 610. The minimum absolute atomic E-state index is 0.153. The lowest BCUT2D eigenvalue weighted by Gasteiger charge is -2.14. The summed E-state index contributed by atoms with van der Waals surface area (Å²) in [5.74, 6) is 2.30. The molecule has 1 aromatic heterocycles. The first-order valence-corrected chi connectivity index (χ1v) is 7.35. The van der Waals surface area contributed by atoms with Gasteiger partial charge in [0.25, 0.3) is 0 Å². The second kappa shape index (κ2) is 4.29. The van der Waals surface area contributed by atoms with E-state index in [0.717, 1.165) is 22.7 Å². The fourth-order valence-corrected chi connectivity index (χ4v) is 4.31. The first kappa shape index (κ1) is 11.4. The van der Waals surface area contributed by atoms with Crippen molar-refractivity contribution in [2.75, 3.05) is 0 Å². The maximum absolute atomic E-state index is 13.5. The lowest BCUT2D eigenvalue weighted by molar-refractivity contribution is 0.457. The van der Waals surface area contributed by atoms with E-state index in [1.54, 1.807) is 12.1 Å². The van der Waals surface area contributed by atoms with Crippen molar-refractivity contribution >= 4 is 10.9 Å². The van der Waals surface area contributed by atoms with Crippen LogP contribution in [0.15, 0.2) is 30.5 Å². The van der Waals surface area contributed by atoms with E-state index >= 15 is 0 Å². The van der Waals surface area contributed by atoms with Crippen molar-refractivity contribution in [3.8, 4) is 0 Å². The van der Waals surface area contributed by atoms with E-state index in [4.69, 9.17) is 0 Å². The molecule has 4 rings (SSSR count). The van der Waals surface area contributed by atoms with Crippen LogP contribution in [0.4, 0.5) is 4.39 Å². The molecule has 2 fully saturated rings.